The molecule has 0 fully saturated rings. The molecule has 0 aliphatic rings. The minimum atomic E-state index is -0.126. The van der Waals surface area contributed by atoms with Crippen LogP contribution in [0.4, 0.5) is 0 Å². The van der Waals surface area contributed by atoms with Crippen molar-refractivity contribution in [2.24, 2.45) is 0 Å². The van der Waals surface area contributed by atoms with Gasteiger partial charge in [-0.05, 0) is 118 Å². The lowest BCUT2D eigenvalue weighted by Gasteiger charge is -2.20. The molecule has 8 aromatic carbocycles. The summed E-state index contributed by atoms with van der Waals surface area (Å²) in [5.74, 6) is 0. The molecule has 0 aromatic heterocycles. The van der Waals surface area contributed by atoms with E-state index in [-0.39, 0.29) is 7.92 Å². The summed E-state index contributed by atoms with van der Waals surface area (Å²) in [7, 11) is -0.126. The zero-order valence-electron chi connectivity index (χ0n) is 25.8. The lowest BCUT2D eigenvalue weighted by Crippen LogP contribution is -2.04. The standard InChI is InChI=1S/C44H35P/c1-3-45(4-2)38-17-11-16-34(28-38)35-24-25-41-42(29-35)44(37-23-21-31-13-6-8-15-33(31)27-37)40-19-10-9-18-39(40)43(41)36-22-20-30-12-5-7-14-32(30)26-36/h5-29H,3-4H2,1-2H3. The first-order valence-electron chi connectivity index (χ1n) is 16.0. The van der Waals surface area contributed by atoms with Gasteiger partial charge < -0.3 is 0 Å². The second-order valence-corrected chi connectivity index (χ2v) is 14.8. The van der Waals surface area contributed by atoms with Gasteiger partial charge in [-0.3, -0.25) is 0 Å². The summed E-state index contributed by atoms with van der Waals surface area (Å²) in [4.78, 5) is 0. The van der Waals surface area contributed by atoms with Crippen molar-refractivity contribution in [3.63, 3.8) is 0 Å². The molecule has 0 N–H and O–H groups in total. The van der Waals surface area contributed by atoms with E-state index in [4.69, 9.17) is 0 Å². The molecule has 0 atom stereocenters. The highest BCUT2D eigenvalue weighted by Crippen LogP contribution is 2.46. The van der Waals surface area contributed by atoms with Crippen molar-refractivity contribution in [2.75, 3.05) is 12.3 Å². The van der Waals surface area contributed by atoms with Crippen LogP contribution in [0.1, 0.15) is 13.8 Å². The summed E-state index contributed by atoms with van der Waals surface area (Å²) in [6.07, 6.45) is 2.44. The number of rotatable bonds is 6. The Balaban J connectivity index is 1.46. The lowest BCUT2D eigenvalue weighted by molar-refractivity contribution is 1.42. The SMILES string of the molecule is CCP(CC)c1cccc(-c2ccc3c(-c4ccc5ccccc5c4)c4ccccc4c(-c4ccc5ccccc5c4)c3c2)c1. The minimum absolute atomic E-state index is 0.126. The maximum atomic E-state index is 2.45. The zero-order valence-corrected chi connectivity index (χ0v) is 26.7. The van der Waals surface area contributed by atoms with Crippen molar-refractivity contribution in [3.8, 4) is 33.4 Å². The van der Waals surface area contributed by atoms with E-state index in [1.807, 2.05) is 0 Å². The van der Waals surface area contributed by atoms with Crippen LogP contribution in [0.25, 0.3) is 76.5 Å². The topological polar surface area (TPSA) is 0 Å². The van der Waals surface area contributed by atoms with Gasteiger partial charge in [0.25, 0.3) is 0 Å². The van der Waals surface area contributed by atoms with Crippen LogP contribution in [0.15, 0.2) is 152 Å². The van der Waals surface area contributed by atoms with Gasteiger partial charge in [-0.25, -0.2) is 0 Å². The first-order chi connectivity index (χ1) is 22.2. The Bertz CT molecular complexity index is 2360. The Morgan fingerprint density at radius 1 is 0.356 bits per heavy atom. The second-order valence-electron chi connectivity index (χ2n) is 11.9. The predicted octanol–water partition coefficient (Wildman–Crippen LogP) is 12.4. The number of benzene rings is 8. The minimum Gasteiger partial charge on any atom is -0.0758 e. The van der Waals surface area contributed by atoms with E-state index in [0.29, 0.717) is 0 Å². The van der Waals surface area contributed by atoms with Crippen LogP contribution in [0, 0.1) is 0 Å². The maximum absolute atomic E-state index is 2.45. The van der Waals surface area contributed by atoms with E-state index < -0.39 is 0 Å². The third-order valence-corrected chi connectivity index (χ3v) is 11.9. The van der Waals surface area contributed by atoms with Crippen LogP contribution in [0.2, 0.25) is 0 Å². The van der Waals surface area contributed by atoms with Crippen LogP contribution in [-0.4, -0.2) is 12.3 Å². The van der Waals surface area contributed by atoms with Crippen molar-refractivity contribution < 1.29 is 0 Å². The fourth-order valence-electron chi connectivity index (χ4n) is 7.14. The highest BCUT2D eigenvalue weighted by molar-refractivity contribution is 7.65. The second kappa shape index (κ2) is 11.6. The average molecular weight is 595 g/mol. The molecule has 0 spiro atoms. The number of hydrogen-bond acceptors (Lipinski definition) is 0. The first-order valence-corrected chi connectivity index (χ1v) is 17.7. The molecular weight excluding hydrogens is 559 g/mol. The molecule has 8 aromatic rings. The van der Waals surface area contributed by atoms with E-state index in [9.17, 15) is 0 Å². The summed E-state index contributed by atoms with van der Waals surface area (Å²) in [6.45, 7) is 4.65. The Morgan fingerprint density at radius 2 is 0.844 bits per heavy atom. The predicted molar refractivity (Wildman–Crippen MR) is 200 cm³/mol. The fraction of sp³-hybridized carbons (Fsp3) is 0.0909. The van der Waals surface area contributed by atoms with Gasteiger partial charge in [0.1, 0.15) is 0 Å². The largest absolute Gasteiger partial charge is 0.0758 e. The maximum Gasteiger partial charge on any atom is -0.00259 e. The highest BCUT2D eigenvalue weighted by atomic mass is 31.1. The third-order valence-electron chi connectivity index (χ3n) is 9.41. The average Bonchev–Trinajstić information content (AvgIpc) is 3.10. The molecule has 0 aliphatic heterocycles. The molecule has 0 amide bonds. The lowest BCUT2D eigenvalue weighted by atomic mass is 9.84. The van der Waals surface area contributed by atoms with Crippen LogP contribution < -0.4 is 5.30 Å². The molecule has 0 unspecified atom stereocenters. The summed E-state index contributed by atoms with van der Waals surface area (Å²) < 4.78 is 0. The van der Waals surface area contributed by atoms with Crippen molar-refractivity contribution >= 4 is 56.3 Å². The van der Waals surface area contributed by atoms with Gasteiger partial charge in [0.2, 0.25) is 0 Å². The fourth-order valence-corrected chi connectivity index (χ4v) is 8.94. The number of fused-ring (bicyclic) bond motifs is 4. The molecule has 0 saturated carbocycles. The third kappa shape index (κ3) is 4.91. The summed E-state index contributed by atoms with van der Waals surface area (Å²) >= 11 is 0. The van der Waals surface area contributed by atoms with Crippen LogP contribution >= 0.6 is 7.92 Å². The van der Waals surface area contributed by atoms with Gasteiger partial charge in [0, 0.05) is 0 Å². The van der Waals surface area contributed by atoms with E-state index in [2.05, 4.69) is 166 Å². The van der Waals surface area contributed by atoms with Gasteiger partial charge in [-0.1, -0.05) is 149 Å². The molecule has 0 saturated heterocycles. The van der Waals surface area contributed by atoms with E-state index in [1.165, 1.54) is 94.1 Å². The Hall–Kier alpha value is -4.77. The normalized spacial score (nSPS) is 11.7. The van der Waals surface area contributed by atoms with Crippen LogP contribution in [0.5, 0.6) is 0 Å². The molecule has 216 valence electrons. The van der Waals surface area contributed by atoms with Gasteiger partial charge in [0.05, 0.1) is 0 Å². The highest BCUT2D eigenvalue weighted by Gasteiger charge is 2.18. The molecule has 0 bridgehead atoms. The van der Waals surface area contributed by atoms with E-state index >= 15 is 0 Å². The number of hydrogen-bond donors (Lipinski definition) is 0. The Labute approximate surface area is 266 Å². The molecule has 45 heavy (non-hydrogen) atoms. The molecule has 0 aliphatic carbocycles. The van der Waals surface area contributed by atoms with Crippen molar-refractivity contribution in [1.29, 1.82) is 0 Å². The van der Waals surface area contributed by atoms with E-state index in [0.717, 1.165) is 0 Å². The van der Waals surface area contributed by atoms with Crippen LogP contribution in [-0.2, 0) is 0 Å². The van der Waals surface area contributed by atoms with Gasteiger partial charge in [-0.2, -0.15) is 0 Å². The van der Waals surface area contributed by atoms with Crippen molar-refractivity contribution in [2.45, 2.75) is 13.8 Å². The smallest absolute Gasteiger partial charge is 0.00259 e. The van der Waals surface area contributed by atoms with E-state index in [1.54, 1.807) is 0 Å². The zero-order chi connectivity index (χ0) is 30.3. The molecule has 0 heterocycles. The Kier molecular flexibility index (Phi) is 7.17. The first kappa shape index (κ1) is 27.8. The summed E-state index contributed by atoms with van der Waals surface area (Å²) in [6, 6.07) is 56.7. The monoisotopic (exact) mass is 594 g/mol. The summed E-state index contributed by atoms with van der Waals surface area (Å²) in [5.41, 5.74) is 7.69. The van der Waals surface area contributed by atoms with Gasteiger partial charge in [0.15, 0.2) is 0 Å². The quantitative estimate of drug-likeness (QED) is 0.133. The van der Waals surface area contributed by atoms with Gasteiger partial charge in [-0.15, -0.1) is 0 Å². The van der Waals surface area contributed by atoms with Gasteiger partial charge >= 0.3 is 0 Å². The Morgan fingerprint density at radius 3 is 1.44 bits per heavy atom. The molecular formula is C44H35P. The molecule has 8 rings (SSSR count). The van der Waals surface area contributed by atoms with Crippen molar-refractivity contribution in [1.82, 2.24) is 0 Å². The van der Waals surface area contributed by atoms with Crippen LogP contribution in [0.3, 0.4) is 0 Å². The van der Waals surface area contributed by atoms with Crippen molar-refractivity contribution in [3.05, 3.63) is 152 Å². The summed E-state index contributed by atoms with van der Waals surface area (Å²) in [5, 5.41) is 11.7. The molecule has 0 nitrogen and oxygen atoms in total. The molecule has 1 heteroatoms. The molecule has 0 radical (unpaired) electrons.